The van der Waals surface area contributed by atoms with E-state index in [9.17, 15) is 88.2 Å². The highest BCUT2D eigenvalue weighted by atomic mass is 32.2. The average molecular weight is 1590 g/mol. The van der Waals surface area contributed by atoms with Crippen molar-refractivity contribution in [1.82, 2.24) is 57.3 Å². The molecule has 4 aliphatic heterocycles. The number of nitrogens with two attached hydrogens (primary N) is 1. The number of aliphatic hydroxyl groups is 5. The molecule has 3 aromatic rings. The van der Waals surface area contributed by atoms with Crippen LogP contribution in [0.15, 0.2) is 46.6 Å². The van der Waals surface area contributed by atoms with Crippen LogP contribution < -0.4 is 57.7 Å². The zero-order valence-electron chi connectivity index (χ0n) is 62.7. The fraction of sp³-hybridized carbons (Fsp3) is 0.620. The number of nitrogens with one attached hydrogen (secondary N) is 9. The molecule has 614 valence electrons. The Morgan fingerprint density at radius 1 is 0.793 bits per heavy atom. The van der Waals surface area contributed by atoms with Gasteiger partial charge in [-0.1, -0.05) is 51.3 Å². The summed E-state index contributed by atoms with van der Waals surface area (Å²) >= 11 is 0. The summed E-state index contributed by atoms with van der Waals surface area (Å²) in [6.07, 6.45) is -9.90. The van der Waals surface area contributed by atoms with Crippen molar-refractivity contribution in [3.63, 3.8) is 0 Å². The number of oxime groups is 1. The summed E-state index contributed by atoms with van der Waals surface area (Å²) in [5.74, 6) is -13.8. The molecule has 1 unspecified atom stereocenters. The Kier molecular flexibility index (Phi) is 34.5. The average Bonchev–Trinajstić information content (AvgIpc) is 1.65. The van der Waals surface area contributed by atoms with Crippen molar-refractivity contribution in [3.8, 4) is 11.5 Å². The van der Waals surface area contributed by atoms with Crippen LogP contribution in [0.1, 0.15) is 114 Å². The van der Waals surface area contributed by atoms with E-state index in [1.165, 1.54) is 37.1 Å². The van der Waals surface area contributed by atoms with Crippen molar-refractivity contribution in [2.45, 2.75) is 184 Å². The summed E-state index contributed by atoms with van der Waals surface area (Å²) in [5, 5.41) is 86.7. The first-order chi connectivity index (χ1) is 52.9. The lowest BCUT2D eigenvalue weighted by atomic mass is 9.93. The van der Waals surface area contributed by atoms with Crippen molar-refractivity contribution in [1.29, 1.82) is 0 Å². The van der Waals surface area contributed by atoms with Gasteiger partial charge in [0.15, 0.2) is 6.10 Å². The van der Waals surface area contributed by atoms with Crippen LogP contribution in [0.4, 0.5) is 4.79 Å². The van der Waals surface area contributed by atoms with Gasteiger partial charge in [-0.15, -0.1) is 0 Å². The minimum absolute atomic E-state index is 0.0325. The molecule has 0 spiro atoms. The lowest BCUT2D eigenvalue weighted by Crippen LogP contribution is -2.62. The van der Waals surface area contributed by atoms with E-state index in [2.05, 4.69) is 52.7 Å². The number of carboxylic acids is 1. The van der Waals surface area contributed by atoms with Gasteiger partial charge in [0, 0.05) is 69.7 Å². The van der Waals surface area contributed by atoms with Gasteiger partial charge in [0.1, 0.15) is 72.1 Å². The lowest BCUT2D eigenvalue weighted by molar-refractivity contribution is -0.237. The number of carbonyl (C=O) groups excluding carboxylic acids is 11. The van der Waals surface area contributed by atoms with E-state index in [4.69, 9.17) is 39.0 Å². The standard InChI is InChI=1S/C71H103N13O26S/c1-7-38(4)58-65(97)75-31-56(91)76-49-36-111(103)67-44(29-48(62(94)74-32-57(92)80-58)78-66(98)59(39(5)53(89)34-85)81-64(96)50-27-41(86)33-84(50)68(99)46(77-63(49)95)15-17-55(72)90)43-14-13-42(28-47(43)79-67)106-20-11-9-8-10-19-83(6)71(102)107-35-40-12-16-54(109-70-52(88)30-51(87)60(110-70)69(100)101)45(26-40)61(93)73-18-21-104-22-23-105-24-25-108-82-37(2)3/h12-14,16,26,28,38-39,41,46,48-53,58-60,70,79,85-89H,7-11,15,17-25,27,29-36H2,1-6H3,(H2,72,90)(H,73,93)(H,74,94)(H,75,97)(H,76,91)(H,77,95)(H,78,98)(H,80,92)(H,81,96)(H,100,101)/t38-,39-,41+,46-,48-,49-,50-,51-,52+,53-,58-,59-,60-,70+,111?/m0/s1. The molecule has 2 bridgehead atoms. The molecule has 0 saturated carbocycles. The molecule has 111 heavy (non-hydrogen) atoms. The minimum atomic E-state index is -2.45. The van der Waals surface area contributed by atoms with Crippen molar-refractivity contribution in [2.24, 2.45) is 22.7 Å². The first-order valence-electron chi connectivity index (χ1n) is 36.6. The normalized spacial score (nSPS) is 24.6. The number of amides is 11. The third-order valence-corrected chi connectivity index (χ3v) is 20.2. The molecule has 4 aliphatic rings. The highest BCUT2D eigenvalue weighted by molar-refractivity contribution is 7.85. The maximum atomic E-state index is 15.2. The van der Waals surface area contributed by atoms with Gasteiger partial charge in [-0.3, -0.25) is 52.2 Å². The predicted molar refractivity (Wildman–Crippen MR) is 391 cm³/mol. The maximum Gasteiger partial charge on any atom is 0.409 e. The third kappa shape index (κ3) is 26.2. The molecule has 1 aromatic heterocycles. The molecule has 2 saturated heterocycles. The molecule has 17 N–H and O–H groups in total. The zero-order valence-corrected chi connectivity index (χ0v) is 63.5. The number of aromatic amines is 1. The molecule has 5 heterocycles. The smallest absolute Gasteiger partial charge is 0.409 e. The molecule has 2 fully saturated rings. The Balaban J connectivity index is 1.07. The molecule has 7 rings (SSSR count). The predicted octanol–water partition coefficient (Wildman–Crippen LogP) is -3.55. The van der Waals surface area contributed by atoms with Crippen LogP contribution in [0, 0.1) is 11.8 Å². The molecular weight excluding hydrogens is 1480 g/mol. The fourth-order valence-electron chi connectivity index (χ4n) is 12.4. The van der Waals surface area contributed by atoms with Gasteiger partial charge >= 0.3 is 12.1 Å². The number of primary amides is 1. The summed E-state index contributed by atoms with van der Waals surface area (Å²) < 4.78 is 49.2. The second-order valence-electron chi connectivity index (χ2n) is 27.6. The third-order valence-electron chi connectivity index (χ3n) is 18.8. The molecule has 40 heteroatoms. The lowest BCUT2D eigenvalue weighted by Gasteiger charge is -2.35. The first kappa shape index (κ1) is 88.5. The van der Waals surface area contributed by atoms with E-state index in [-0.39, 0.29) is 97.9 Å². The van der Waals surface area contributed by atoms with Crippen LogP contribution in [-0.2, 0) is 95.6 Å². The number of ether oxygens (including phenoxy) is 6. The molecule has 11 amide bonds. The Hall–Kier alpha value is -9.68. The molecule has 0 radical (unpaired) electrons. The Labute approximate surface area is 641 Å². The highest BCUT2D eigenvalue weighted by Crippen LogP contribution is 2.32. The van der Waals surface area contributed by atoms with Gasteiger partial charge in [-0.05, 0) is 74.4 Å². The number of hydrogen-bond acceptors (Lipinski definition) is 26. The number of rotatable bonds is 32. The number of hydrogen-bond donors (Lipinski definition) is 16. The Bertz CT molecular complexity index is 3820. The van der Waals surface area contributed by atoms with Crippen LogP contribution in [0.2, 0.25) is 0 Å². The van der Waals surface area contributed by atoms with E-state index in [0.29, 0.717) is 37.7 Å². The van der Waals surface area contributed by atoms with Crippen LogP contribution in [-0.4, -0.2) is 291 Å². The van der Waals surface area contributed by atoms with Crippen molar-refractivity contribution >= 4 is 98.5 Å². The topological polar surface area (TPSA) is 565 Å². The van der Waals surface area contributed by atoms with E-state index in [0.717, 1.165) is 10.6 Å². The number of aromatic nitrogens is 1. The Morgan fingerprint density at radius 3 is 2.20 bits per heavy atom. The summed E-state index contributed by atoms with van der Waals surface area (Å²) in [7, 11) is -0.914. The largest absolute Gasteiger partial charge is 0.494 e. The van der Waals surface area contributed by atoms with Gasteiger partial charge < -0.3 is 127 Å². The van der Waals surface area contributed by atoms with Crippen molar-refractivity contribution < 1.29 is 126 Å². The molecular formula is C71H103N13O26S. The molecule has 2 aromatic carbocycles. The number of fused-ring (bicyclic) bond motifs is 5. The Morgan fingerprint density at radius 2 is 1.50 bits per heavy atom. The van der Waals surface area contributed by atoms with Crippen LogP contribution >= 0.6 is 0 Å². The highest BCUT2D eigenvalue weighted by Gasteiger charge is 2.46. The number of carboxylic acid groups (broad SMARTS) is 1. The van der Waals surface area contributed by atoms with Crippen LogP contribution in [0.3, 0.4) is 0 Å². The van der Waals surface area contributed by atoms with E-state index >= 15 is 4.21 Å². The second kappa shape index (κ2) is 43.2. The van der Waals surface area contributed by atoms with E-state index in [1.807, 2.05) is 0 Å². The van der Waals surface area contributed by atoms with E-state index < -0.39 is 231 Å². The zero-order chi connectivity index (χ0) is 81.2. The van der Waals surface area contributed by atoms with Gasteiger partial charge in [-0.25, -0.2) is 9.59 Å². The number of unbranched alkanes of at least 4 members (excludes halogenated alkanes) is 3. The number of benzene rings is 2. The number of H-pyrrole nitrogens is 1. The van der Waals surface area contributed by atoms with Crippen LogP contribution in [0.25, 0.3) is 10.9 Å². The molecule has 0 aliphatic carbocycles. The SMILES string of the molecule is CC[C@H](C)[C@@H]1NC(=O)CNC(=O)[C@@H]2Cc3c([nH]c4cc(OCCCCCCN(C)C(=O)OCc5ccc(O[C@@H]6O[C@H](C(=O)O)[C@@H](O)C[C@H]6O)c(C(=O)NCCOCCOCCON=C(C)C)c5)ccc34)S(=O)C[C@H](NC(=O)CNC1=O)C(=O)N[C@@H](CCC(N)=O)C(=O)N1C[C@H](O)C[C@H]1C(=O)N[C@@H]([C@@H](C)[C@@H](O)CO)C(=O)N2. The van der Waals surface area contributed by atoms with Crippen molar-refractivity contribution in [2.75, 3.05) is 91.8 Å². The van der Waals surface area contributed by atoms with Crippen molar-refractivity contribution in [3.05, 3.63) is 53.1 Å². The molecule has 39 nitrogen and oxygen atoms in total. The minimum Gasteiger partial charge on any atom is -0.494 e. The quantitative estimate of drug-likeness (QED) is 0.0163. The maximum absolute atomic E-state index is 15.2. The van der Waals surface area contributed by atoms with Crippen LogP contribution in [0.5, 0.6) is 11.5 Å². The van der Waals surface area contributed by atoms with Gasteiger partial charge in [0.2, 0.25) is 59.5 Å². The van der Waals surface area contributed by atoms with Gasteiger partial charge in [0.25, 0.3) is 5.91 Å². The number of nitrogens with zero attached hydrogens (tertiary/aromatic N) is 3. The first-order valence-corrected chi connectivity index (χ1v) is 38.0. The van der Waals surface area contributed by atoms with Gasteiger partial charge in [0.05, 0.1) is 104 Å². The number of carbonyl (C=O) groups is 12. The molecule has 15 atom stereocenters. The second-order valence-corrected chi connectivity index (χ2v) is 29.1. The monoisotopic (exact) mass is 1590 g/mol. The summed E-state index contributed by atoms with van der Waals surface area (Å²) in [4.78, 5) is 176. The summed E-state index contributed by atoms with van der Waals surface area (Å²) in [6, 6.07) is -1.12. The van der Waals surface area contributed by atoms with Gasteiger partial charge in [-0.2, -0.15) is 0 Å². The van der Waals surface area contributed by atoms with E-state index in [1.54, 1.807) is 45.9 Å². The summed E-state index contributed by atoms with van der Waals surface area (Å²) in [6.45, 7) is 6.44. The number of aliphatic carboxylic acids is 1. The fourth-order valence-corrected chi connectivity index (χ4v) is 13.8. The number of aliphatic hydroxyl groups excluding tert-OH is 5. The summed E-state index contributed by atoms with van der Waals surface area (Å²) in [5.41, 5.74) is 6.85.